The number of rotatable bonds is 3. The van der Waals surface area contributed by atoms with Crippen molar-refractivity contribution in [3.8, 4) is 0 Å². The summed E-state index contributed by atoms with van der Waals surface area (Å²) in [5.74, 6) is 0. The smallest absolute Gasteiger partial charge is 0.171 e. The lowest BCUT2D eigenvalue weighted by Crippen LogP contribution is -2.22. The van der Waals surface area contributed by atoms with Crippen LogP contribution in [0.3, 0.4) is 0 Å². The van der Waals surface area contributed by atoms with E-state index in [1.54, 1.807) is 0 Å². The summed E-state index contributed by atoms with van der Waals surface area (Å²) < 4.78 is 10.7. The molecule has 1 aliphatic heterocycles. The molecule has 1 heterocycles. The zero-order valence-electron chi connectivity index (χ0n) is 6.26. The third kappa shape index (κ3) is 2.47. The molecule has 1 rings (SSSR count). The minimum atomic E-state index is -0.825. The van der Waals surface area contributed by atoms with Crippen LogP contribution in [0.2, 0.25) is 13.1 Å². The summed E-state index contributed by atoms with van der Waals surface area (Å²) in [4.78, 5) is 0. The third-order valence-corrected chi connectivity index (χ3v) is 2.34. The van der Waals surface area contributed by atoms with Crippen molar-refractivity contribution in [1.29, 1.82) is 0 Å². The zero-order chi connectivity index (χ0) is 6.85. The molecule has 3 heteroatoms. The first-order chi connectivity index (χ1) is 4.20. The molecule has 0 aliphatic carbocycles. The Balaban J connectivity index is 2.10. The summed E-state index contributed by atoms with van der Waals surface area (Å²) in [6, 6.07) is 0. The van der Waals surface area contributed by atoms with Gasteiger partial charge in [0.2, 0.25) is 0 Å². The van der Waals surface area contributed by atoms with E-state index in [9.17, 15) is 0 Å². The molecule has 0 aromatic carbocycles. The molecule has 0 bridgehead atoms. The van der Waals surface area contributed by atoms with Crippen molar-refractivity contribution in [3.63, 3.8) is 0 Å². The van der Waals surface area contributed by atoms with Gasteiger partial charge in [-0.15, -0.1) is 0 Å². The van der Waals surface area contributed by atoms with E-state index in [0.717, 1.165) is 6.61 Å². The summed E-state index contributed by atoms with van der Waals surface area (Å²) in [7, 11) is -0.825. The van der Waals surface area contributed by atoms with Crippen molar-refractivity contribution in [2.24, 2.45) is 0 Å². The third-order valence-electron chi connectivity index (χ3n) is 1.37. The molecule has 0 radical (unpaired) electrons. The molecular weight excluding hydrogens is 132 g/mol. The molecule has 0 saturated carbocycles. The Morgan fingerprint density at radius 3 is 2.56 bits per heavy atom. The lowest BCUT2D eigenvalue weighted by molar-refractivity contribution is 0.178. The monoisotopic (exact) mass is 146 g/mol. The van der Waals surface area contributed by atoms with Crippen molar-refractivity contribution >= 4 is 9.04 Å². The van der Waals surface area contributed by atoms with Crippen molar-refractivity contribution in [1.82, 2.24) is 0 Å². The van der Waals surface area contributed by atoms with Crippen LogP contribution in [0.4, 0.5) is 0 Å². The number of hydrogen-bond acceptors (Lipinski definition) is 2. The van der Waals surface area contributed by atoms with Gasteiger partial charge in [-0.1, -0.05) is 0 Å². The standard InChI is InChI=1S/C6H14O2Si/c1-5(6-4-7-6)8-9(2)3/h5-6,9H,4H2,1-3H3. The average Bonchev–Trinajstić information content (AvgIpc) is 2.40. The normalized spacial score (nSPS) is 28.7. The van der Waals surface area contributed by atoms with E-state index in [0.29, 0.717) is 12.2 Å². The second kappa shape index (κ2) is 2.81. The Morgan fingerprint density at radius 1 is 1.67 bits per heavy atom. The molecule has 2 unspecified atom stereocenters. The van der Waals surface area contributed by atoms with Gasteiger partial charge in [-0.25, -0.2) is 0 Å². The zero-order valence-corrected chi connectivity index (χ0v) is 7.41. The van der Waals surface area contributed by atoms with Gasteiger partial charge in [-0.05, 0) is 20.0 Å². The highest BCUT2D eigenvalue weighted by molar-refractivity contribution is 6.48. The Kier molecular flexibility index (Phi) is 2.27. The maximum absolute atomic E-state index is 5.59. The first kappa shape index (κ1) is 7.25. The topological polar surface area (TPSA) is 21.8 Å². The second-order valence-corrected chi connectivity index (χ2v) is 5.13. The van der Waals surface area contributed by atoms with Crippen LogP contribution in [0, 0.1) is 0 Å². The molecular formula is C6H14O2Si. The predicted octanol–water partition coefficient (Wildman–Crippen LogP) is 0.774. The molecule has 0 N–H and O–H groups in total. The minimum Gasteiger partial charge on any atom is -0.415 e. The summed E-state index contributed by atoms with van der Waals surface area (Å²) in [5.41, 5.74) is 0. The van der Waals surface area contributed by atoms with Crippen LogP contribution in [0.5, 0.6) is 0 Å². The van der Waals surface area contributed by atoms with E-state index < -0.39 is 9.04 Å². The number of hydrogen-bond donors (Lipinski definition) is 0. The molecule has 54 valence electrons. The van der Waals surface area contributed by atoms with Gasteiger partial charge in [0.25, 0.3) is 0 Å². The highest BCUT2D eigenvalue weighted by Gasteiger charge is 2.30. The van der Waals surface area contributed by atoms with Crippen LogP contribution >= 0.6 is 0 Å². The first-order valence-corrected chi connectivity index (χ1v) is 6.25. The number of ether oxygens (including phenoxy) is 1. The van der Waals surface area contributed by atoms with Crippen molar-refractivity contribution in [3.05, 3.63) is 0 Å². The molecule has 0 amide bonds. The Labute approximate surface area is 57.9 Å². The van der Waals surface area contributed by atoms with Gasteiger partial charge >= 0.3 is 0 Å². The average molecular weight is 146 g/mol. The van der Waals surface area contributed by atoms with Gasteiger partial charge in [-0.3, -0.25) is 0 Å². The molecule has 0 aromatic heterocycles. The number of epoxide rings is 1. The fourth-order valence-electron chi connectivity index (χ4n) is 0.844. The van der Waals surface area contributed by atoms with Crippen LogP contribution in [-0.2, 0) is 9.16 Å². The molecule has 2 nitrogen and oxygen atoms in total. The summed E-state index contributed by atoms with van der Waals surface area (Å²) >= 11 is 0. The maximum atomic E-state index is 5.59. The lowest BCUT2D eigenvalue weighted by atomic mass is 10.3. The predicted molar refractivity (Wildman–Crippen MR) is 39.2 cm³/mol. The minimum absolute atomic E-state index is 0.344. The first-order valence-electron chi connectivity index (χ1n) is 3.47. The Bertz CT molecular complexity index is 91.1. The molecule has 1 aliphatic rings. The van der Waals surface area contributed by atoms with Gasteiger partial charge in [-0.2, -0.15) is 0 Å². The second-order valence-electron chi connectivity index (χ2n) is 2.76. The van der Waals surface area contributed by atoms with Gasteiger partial charge in [0, 0.05) is 0 Å². The fraction of sp³-hybridized carbons (Fsp3) is 1.00. The summed E-state index contributed by atoms with van der Waals surface area (Å²) in [6.07, 6.45) is 0.761. The van der Waals surface area contributed by atoms with Crippen LogP contribution < -0.4 is 0 Å². The lowest BCUT2D eigenvalue weighted by Gasteiger charge is -2.12. The van der Waals surface area contributed by atoms with E-state index >= 15 is 0 Å². The van der Waals surface area contributed by atoms with Gasteiger partial charge in [0.15, 0.2) is 9.04 Å². The fourth-order valence-corrected chi connectivity index (χ4v) is 1.88. The largest absolute Gasteiger partial charge is 0.415 e. The Morgan fingerprint density at radius 2 is 2.22 bits per heavy atom. The SMILES string of the molecule is CC(O[SiH](C)C)C1CO1. The van der Waals surface area contributed by atoms with Gasteiger partial charge < -0.3 is 9.16 Å². The molecule has 0 spiro atoms. The molecule has 0 aromatic rings. The summed E-state index contributed by atoms with van der Waals surface area (Å²) in [6.45, 7) is 7.35. The highest BCUT2D eigenvalue weighted by Crippen LogP contribution is 2.16. The van der Waals surface area contributed by atoms with Crippen LogP contribution in [0.1, 0.15) is 6.92 Å². The van der Waals surface area contributed by atoms with Crippen LogP contribution in [0.25, 0.3) is 0 Å². The van der Waals surface area contributed by atoms with Crippen LogP contribution in [0.15, 0.2) is 0 Å². The van der Waals surface area contributed by atoms with E-state index in [1.807, 2.05) is 0 Å². The quantitative estimate of drug-likeness (QED) is 0.433. The Hall–Kier alpha value is 0.137. The summed E-state index contributed by atoms with van der Waals surface area (Å²) in [5, 5.41) is 0. The van der Waals surface area contributed by atoms with Crippen molar-refractivity contribution < 1.29 is 9.16 Å². The maximum Gasteiger partial charge on any atom is 0.171 e. The molecule has 2 atom stereocenters. The van der Waals surface area contributed by atoms with E-state index in [-0.39, 0.29) is 0 Å². The van der Waals surface area contributed by atoms with Crippen molar-refractivity contribution in [2.75, 3.05) is 6.61 Å². The molecule has 9 heavy (non-hydrogen) atoms. The van der Waals surface area contributed by atoms with Crippen LogP contribution in [-0.4, -0.2) is 27.9 Å². The van der Waals surface area contributed by atoms with Gasteiger partial charge in [0.1, 0.15) is 6.10 Å². The van der Waals surface area contributed by atoms with Crippen molar-refractivity contribution in [2.45, 2.75) is 32.2 Å². The van der Waals surface area contributed by atoms with E-state index in [4.69, 9.17) is 9.16 Å². The van der Waals surface area contributed by atoms with E-state index in [1.165, 1.54) is 0 Å². The van der Waals surface area contributed by atoms with E-state index in [2.05, 4.69) is 20.0 Å². The molecule has 1 saturated heterocycles. The molecule has 1 fully saturated rings. The highest BCUT2D eigenvalue weighted by atomic mass is 28.3. The van der Waals surface area contributed by atoms with Gasteiger partial charge in [0.05, 0.1) is 12.7 Å².